The van der Waals surface area contributed by atoms with Crippen molar-refractivity contribution in [1.82, 2.24) is 0 Å². The van der Waals surface area contributed by atoms with E-state index < -0.39 is 102 Å². The summed E-state index contributed by atoms with van der Waals surface area (Å²) in [4.78, 5) is 26.5. The molecule has 9 rings (SSSR count). The number of rotatable bonds is 51. The van der Waals surface area contributed by atoms with E-state index in [0.717, 1.165) is 236 Å². The molecule has 5 unspecified atom stereocenters. The molecule has 0 bridgehead atoms. The number of ether oxygens (including phenoxy) is 4. The predicted octanol–water partition coefficient (Wildman–Crippen LogP) is 27.8. The Morgan fingerprint density at radius 2 is 0.719 bits per heavy atom. The lowest BCUT2D eigenvalue weighted by atomic mass is 9.71. The monoisotopic (exact) mass is 2060 g/mol. The predicted molar refractivity (Wildman–Crippen MR) is 540 cm³/mol. The number of aryl methyl sites for hydroxylation is 5. The highest BCUT2D eigenvalue weighted by atomic mass is 32.2. The van der Waals surface area contributed by atoms with Gasteiger partial charge in [0.05, 0.1) is 102 Å². The Labute approximate surface area is 825 Å². The topological polar surface area (TPSA) is 245 Å². The van der Waals surface area contributed by atoms with Crippen LogP contribution < -0.4 is 19.1 Å². The second kappa shape index (κ2) is 59.3. The molecule has 0 N–H and O–H groups in total. The summed E-state index contributed by atoms with van der Waals surface area (Å²) < 4.78 is 264. The van der Waals surface area contributed by atoms with Crippen LogP contribution in [0.1, 0.15) is 361 Å². The maximum Gasteiger partial charge on any atom is 0.573 e. The molecule has 2 heterocycles. The smallest absolute Gasteiger partial charge is 0.496 e. The van der Waals surface area contributed by atoms with Gasteiger partial charge in [0.2, 0.25) is 0 Å². The van der Waals surface area contributed by atoms with Crippen molar-refractivity contribution in [2.75, 3.05) is 40.8 Å². The second-order valence-corrected chi connectivity index (χ2v) is 52.5. The number of anilines is 1. The van der Waals surface area contributed by atoms with Crippen LogP contribution in [-0.2, 0) is 98.4 Å². The molecule has 0 aromatic heterocycles. The fourth-order valence-electron chi connectivity index (χ4n) is 16.9. The summed E-state index contributed by atoms with van der Waals surface area (Å²) in [6, 6.07) is 34.3. The number of sulfone groups is 5. The molecule has 0 radical (unpaired) electrons. The van der Waals surface area contributed by atoms with Crippen molar-refractivity contribution in [3.8, 4) is 17.2 Å². The lowest BCUT2D eigenvalue weighted by Crippen LogP contribution is -2.35. The largest absolute Gasteiger partial charge is 0.573 e. The normalized spacial score (nSPS) is 17.3. The number of unbranched alkanes of at least 4 members (excludes halogenated alkanes) is 20. The van der Waals surface area contributed by atoms with Crippen molar-refractivity contribution in [2.24, 2.45) is 11.8 Å². The molecule has 17 nitrogen and oxygen atoms in total. The molecule has 2 amide bonds. The fourth-order valence-corrected chi connectivity index (χ4v) is 22.2. The minimum absolute atomic E-state index is 0.0974. The first-order valence-electron chi connectivity index (χ1n) is 50.1. The number of hydrogen-bond acceptors (Lipinski definition) is 16. The first kappa shape index (κ1) is 122. The van der Waals surface area contributed by atoms with E-state index in [1.165, 1.54) is 74.1 Å². The Hall–Kier alpha value is -7.13. The number of alkyl halides is 9. The van der Waals surface area contributed by atoms with E-state index in [1.807, 2.05) is 0 Å². The van der Waals surface area contributed by atoms with E-state index in [1.54, 1.807) is 87.4 Å². The van der Waals surface area contributed by atoms with Crippen LogP contribution in [0.15, 0.2) is 127 Å². The summed E-state index contributed by atoms with van der Waals surface area (Å²) in [5.74, 6) is 1.51. The maximum absolute atomic E-state index is 13.3. The molecule has 2 aliphatic heterocycles. The Kier molecular flexibility index (Phi) is 52.2. The first-order valence-corrected chi connectivity index (χ1v) is 58.7. The maximum atomic E-state index is 13.3. The molecule has 6 aromatic rings. The molecule has 5 atom stereocenters. The van der Waals surface area contributed by atoms with E-state index in [0.29, 0.717) is 55.6 Å². The number of fused-ring (bicyclic) bond motifs is 1. The van der Waals surface area contributed by atoms with Crippen molar-refractivity contribution in [1.29, 1.82) is 0 Å². The number of methoxy groups -OCH3 is 1. The number of amides is 2. The highest BCUT2D eigenvalue weighted by Crippen LogP contribution is 2.42. The SMILES string of the molecule is CC(C)S(=O)(=O)CCCCCCCc1ccc(F)c(OC(F)(F)F)c1.CC(C)S(=O)(=O)CCCCCCCc1ccc2c(c1)C(=O)N(c1ccc(C(F)(F)F)cc1)C2=O.CC1CC(Oc2ccc(CCCCCCCS(=O)(=O)C(C)C)cc2)CC(C)O1.CC1CCCC(c2ccc(CCCCCCCS(=O)(=O)C(C)C)cc2)C1C.COc1cc(CCCCCCCS(=O)(=O)C(C)C)ccc1C(F)(F)F. The van der Waals surface area contributed by atoms with Gasteiger partial charge in [0.25, 0.3) is 11.8 Å². The Balaban J connectivity index is 0.000000308. The standard InChI is InChI=1S/C25H28F3NO4S.C24H40O2S.C23H38O4S.C18H27F3O3S.C17H24F4O3S/c1-17(2)34(32,33)15-7-5-3-4-6-8-18-9-14-21-22(16-18)24(31)29(23(21)30)20-12-10-19(11-13-20)25(26,27)28;1-19(2)27(25,26)18-9-7-5-6-8-12-22-14-16-23(17-15-22)24-13-10-11-20(3)21(24)4;1-18(2)28(24,25)15-9-7-5-6-8-10-21-11-13-22(14-12-21)27-23-16-19(3)26-20(4)17-23;1-14(2)25(22,23)12-8-6-4-5-7-9-15-10-11-16(18(19,20)21)17(13-15)24-3;1-13(2)25(22,23)11-7-5-3-4-6-8-14-9-10-15(18)16(12-14)24-17(19,20)21/h9-14,16-17H,3-8,15H2,1-2H3;14-17,19-21,24H,5-13,18H2,1-4H3;11-14,18-20,23H,5-10,15-17H2,1-4H3;10-11,13-14H,4-9,12H2,1-3H3;9-10,12-13H,3-8,11H2,1-2H3. The van der Waals surface area contributed by atoms with Gasteiger partial charge in [0, 0.05) is 12.8 Å². The number of carbonyl (C=O) groups excluding carboxylic acids is 2. The van der Waals surface area contributed by atoms with Crippen LogP contribution in [0.3, 0.4) is 0 Å². The molecule has 139 heavy (non-hydrogen) atoms. The molecular weight excluding hydrogens is 1910 g/mol. The molecule has 0 spiro atoms. The number of benzene rings is 6. The van der Waals surface area contributed by atoms with Crippen molar-refractivity contribution in [3.63, 3.8) is 0 Å². The summed E-state index contributed by atoms with van der Waals surface area (Å²) in [5, 5.41) is -1.53. The minimum atomic E-state index is -4.92. The van der Waals surface area contributed by atoms with Crippen molar-refractivity contribution in [2.45, 2.75) is 391 Å². The zero-order chi connectivity index (χ0) is 104. The van der Waals surface area contributed by atoms with E-state index in [9.17, 15) is 95.6 Å². The van der Waals surface area contributed by atoms with Crippen LogP contribution >= 0.6 is 0 Å². The molecule has 786 valence electrons. The van der Waals surface area contributed by atoms with Gasteiger partial charge in [-0.15, -0.1) is 13.2 Å². The minimum Gasteiger partial charge on any atom is -0.496 e. The van der Waals surface area contributed by atoms with E-state index >= 15 is 0 Å². The van der Waals surface area contributed by atoms with Gasteiger partial charge in [-0.3, -0.25) is 9.59 Å². The van der Waals surface area contributed by atoms with Gasteiger partial charge in [0.15, 0.2) is 60.8 Å². The quantitative estimate of drug-likeness (QED) is 0.0196. The lowest BCUT2D eigenvalue weighted by molar-refractivity contribution is -0.275. The molecule has 1 saturated carbocycles. The number of carbonyl (C=O) groups is 2. The van der Waals surface area contributed by atoms with Gasteiger partial charge < -0.3 is 18.9 Å². The van der Waals surface area contributed by atoms with Gasteiger partial charge >= 0.3 is 18.7 Å². The van der Waals surface area contributed by atoms with Crippen LogP contribution in [0.5, 0.6) is 17.2 Å². The first-order chi connectivity index (χ1) is 65.1. The summed E-state index contributed by atoms with van der Waals surface area (Å²) >= 11 is 0. The highest BCUT2D eigenvalue weighted by Gasteiger charge is 2.40. The van der Waals surface area contributed by atoms with Crippen molar-refractivity contribution in [3.05, 3.63) is 189 Å². The molecule has 1 saturated heterocycles. The summed E-state index contributed by atoms with van der Waals surface area (Å²) in [7, 11) is -13.5. The summed E-state index contributed by atoms with van der Waals surface area (Å²) in [6.45, 7) is 26.2. The third-order valence-electron chi connectivity index (χ3n) is 26.3. The molecule has 3 aliphatic rings. The van der Waals surface area contributed by atoms with E-state index in [2.05, 4.69) is 81.0 Å². The van der Waals surface area contributed by atoms with Crippen molar-refractivity contribution < 1.29 is 115 Å². The lowest BCUT2D eigenvalue weighted by Gasteiger charge is -2.34. The van der Waals surface area contributed by atoms with Crippen LogP contribution in [0, 0.1) is 17.7 Å². The van der Waals surface area contributed by atoms with Crippen LogP contribution in [-0.4, -0.2) is 141 Å². The van der Waals surface area contributed by atoms with Crippen LogP contribution in [0.25, 0.3) is 0 Å². The van der Waals surface area contributed by atoms with Gasteiger partial charge in [-0.25, -0.2) is 51.4 Å². The Bertz CT molecular complexity index is 5230. The summed E-state index contributed by atoms with van der Waals surface area (Å²) in [6.07, 6.45) is 19.8. The Morgan fingerprint density at radius 3 is 1.09 bits per heavy atom. The average molecular weight is 2060 g/mol. The fraction of sp³-hybridized carbons (Fsp3) is 0.645. The van der Waals surface area contributed by atoms with Gasteiger partial charge in [0.1, 0.15) is 17.6 Å². The molecule has 6 aromatic carbocycles. The van der Waals surface area contributed by atoms with Gasteiger partial charge in [-0.1, -0.05) is 178 Å². The number of nitrogens with zero attached hydrogens (tertiary/aromatic N) is 1. The van der Waals surface area contributed by atoms with Gasteiger partial charge in [-0.05, 0) is 310 Å². The van der Waals surface area contributed by atoms with Crippen molar-refractivity contribution >= 4 is 66.7 Å². The van der Waals surface area contributed by atoms with Crippen LogP contribution in [0.2, 0.25) is 0 Å². The molecule has 1 aliphatic carbocycles. The van der Waals surface area contributed by atoms with E-state index in [4.69, 9.17) is 14.2 Å². The Morgan fingerprint density at radius 1 is 0.381 bits per heavy atom. The molecule has 2 fully saturated rings. The zero-order valence-electron chi connectivity index (χ0n) is 84.6. The van der Waals surface area contributed by atoms with E-state index in [-0.39, 0.29) is 84.4 Å². The third kappa shape index (κ3) is 45.0. The number of imide groups is 1. The molecular formula is C107H157F10NO16S5. The number of hydrogen-bond donors (Lipinski definition) is 0. The zero-order valence-corrected chi connectivity index (χ0v) is 88.6. The van der Waals surface area contributed by atoms with Gasteiger partial charge in [-0.2, -0.15) is 26.3 Å². The van der Waals surface area contributed by atoms with Crippen LogP contribution in [0.4, 0.5) is 49.6 Å². The highest BCUT2D eigenvalue weighted by molar-refractivity contribution is 7.93. The average Bonchev–Trinajstić information content (AvgIpc) is 1.61. The second-order valence-electron chi connectivity index (χ2n) is 39.1. The molecule has 32 heteroatoms. The summed E-state index contributed by atoms with van der Waals surface area (Å²) in [5.41, 5.74) is 5.57. The third-order valence-corrected chi connectivity index (χ3v) is 37.7. The number of halogens is 10.